The molecule has 2 saturated heterocycles. The van der Waals surface area contributed by atoms with Gasteiger partial charge in [-0.25, -0.2) is 0 Å². The van der Waals surface area contributed by atoms with E-state index in [2.05, 4.69) is 27.7 Å². The van der Waals surface area contributed by atoms with E-state index in [-0.39, 0.29) is 48.1 Å². The fraction of sp³-hybridized carbons (Fsp3) is 1.00. The molecule has 4 fully saturated rings. The summed E-state index contributed by atoms with van der Waals surface area (Å²) in [6.07, 6.45) is 1.40. The van der Waals surface area contributed by atoms with Crippen LogP contribution in [-0.2, 0) is 9.47 Å². The summed E-state index contributed by atoms with van der Waals surface area (Å²) in [6, 6.07) is 0. The Morgan fingerprint density at radius 3 is 2.37 bits per heavy atom. The topological polar surface area (TPSA) is 65.5 Å². The molecule has 0 aromatic carbocycles. The van der Waals surface area contributed by atoms with Crippen molar-refractivity contribution in [1.82, 2.24) is 0 Å². The molecule has 4 rings (SSSR count). The zero-order chi connectivity index (χ0) is 13.8. The van der Waals surface area contributed by atoms with Gasteiger partial charge in [-0.3, -0.25) is 0 Å². The standard InChI is InChI=1S/C15H24O4/c1-8-9-10(18-9)11-12(2,3)5-13(4,6-16)15(11)14(8,7-17)19-15/h8-11,16-17H,5-7H2,1-4H3/t8-,9-,10-,11+,13-,14+,15+/m1/s1. The van der Waals surface area contributed by atoms with Crippen molar-refractivity contribution in [1.29, 1.82) is 0 Å². The van der Waals surface area contributed by atoms with Gasteiger partial charge < -0.3 is 19.7 Å². The first-order valence-electron chi connectivity index (χ1n) is 7.37. The number of epoxide rings is 2. The highest BCUT2D eigenvalue weighted by molar-refractivity contribution is 5.39. The van der Waals surface area contributed by atoms with Crippen molar-refractivity contribution >= 4 is 0 Å². The van der Waals surface area contributed by atoms with Crippen LogP contribution in [0.4, 0.5) is 0 Å². The summed E-state index contributed by atoms with van der Waals surface area (Å²) < 4.78 is 12.2. The molecular formula is C15H24O4. The predicted octanol–water partition coefficient (Wildman–Crippen LogP) is 0.948. The Morgan fingerprint density at radius 1 is 1.11 bits per heavy atom. The van der Waals surface area contributed by atoms with E-state index in [1.807, 2.05) is 0 Å². The van der Waals surface area contributed by atoms with Crippen LogP contribution in [0.1, 0.15) is 34.1 Å². The minimum atomic E-state index is -0.499. The zero-order valence-electron chi connectivity index (χ0n) is 12.1. The van der Waals surface area contributed by atoms with Crippen LogP contribution in [-0.4, -0.2) is 46.8 Å². The van der Waals surface area contributed by atoms with Crippen LogP contribution >= 0.6 is 0 Å². The molecule has 2 heterocycles. The second kappa shape index (κ2) is 3.03. The van der Waals surface area contributed by atoms with Crippen molar-refractivity contribution in [2.45, 2.75) is 57.5 Å². The molecule has 0 radical (unpaired) electrons. The smallest absolute Gasteiger partial charge is 0.127 e. The lowest BCUT2D eigenvalue weighted by Gasteiger charge is -2.37. The van der Waals surface area contributed by atoms with Gasteiger partial charge in [0.05, 0.1) is 25.4 Å². The number of rotatable bonds is 2. The minimum absolute atomic E-state index is 0.0307. The largest absolute Gasteiger partial charge is 0.396 e. The lowest BCUT2D eigenvalue weighted by molar-refractivity contribution is 0.0463. The summed E-state index contributed by atoms with van der Waals surface area (Å²) >= 11 is 0. The number of fused-ring (bicyclic) bond motifs is 2. The van der Waals surface area contributed by atoms with Gasteiger partial charge in [-0.2, -0.15) is 0 Å². The fourth-order valence-electron chi connectivity index (χ4n) is 6.04. The lowest BCUT2D eigenvalue weighted by atomic mass is 9.60. The van der Waals surface area contributed by atoms with E-state index in [9.17, 15) is 10.2 Å². The third-order valence-corrected chi connectivity index (χ3v) is 6.65. The highest BCUT2D eigenvalue weighted by Crippen LogP contribution is 2.80. The van der Waals surface area contributed by atoms with Gasteiger partial charge in [0, 0.05) is 17.3 Å². The quantitative estimate of drug-likeness (QED) is 0.732. The Hall–Kier alpha value is -0.160. The van der Waals surface area contributed by atoms with Gasteiger partial charge in [-0.1, -0.05) is 27.7 Å². The second-order valence-electron chi connectivity index (χ2n) is 8.10. The second-order valence-corrected chi connectivity index (χ2v) is 8.10. The van der Waals surface area contributed by atoms with E-state index in [0.29, 0.717) is 0 Å². The SMILES string of the molecule is C[C@@H]1[C@H]2O[C@H]2[C@H]2C(C)(C)C[C@](C)(CO)[C@@]23O[C@@]13CO. The normalized spacial score (nSPS) is 64.1. The van der Waals surface area contributed by atoms with Crippen LogP contribution < -0.4 is 0 Å². The Balaban J connectivity index is 1.89. The molecule has 19 heavy (non-hydrogen) atoms. The van der Waals surface area contributed by atoms with Gasteiger partial charge in [0.25, 0.3) is 0 Å². The number of hydrogen-bond acceptors (Lipinski definition) is 4. The molecule has 4 aliphatic rings. The van der Waals surface area contributed by atoms with Crippen LogP contribution in [0.15, 0.2) is 0 Å². The van der Waals surface area contributed by atoms with Gasteiger partial charge >= 0.3 is 0 Å². The summed E-state index contributed by atoms with van der Waals surface area (Å²) in [6.45, 7) is 8.87. The molecule has 0 aromatic heterocycles. The first-order valence-corrected chi connectivity index (χ1v) is 7.37. The molecule has 0 bridgehead atoms. The molecule has 2 saturated carbocycles. The highest BCUT2D eigenvalue weighted by atomic mass is 16.7. The average molecular weight is 268 g/mol. The lowest BCUT2D eigenvalue weighted by Crippen LogP contribution is -2.54. The molecular weight excluding hydrogens is 244 g/mol. The number of aliphatic hydroxyl groups is 2. The predicted molar refractivity (Wildman–Crippen MR) is 68.5 cm³/mol. The third-order valence-electron chi connectivity index (χ3n) is 6.65. The van der Waals surface area contributed by atoms with Gasteiger partial charge in [0.15, 0.2) is 0 Å². The van der Waals surface area contributed by atoms with Crippen LogP contribution in [0.3, 0.4) is 0 Å². The summed E-state index contributed by atoms with van der Waals surface area (Å²) in [5.41, 5.74) is -1.10. The van der Waals surface area contributed by atoms with Gasteiger partial charge in [-0.15, -0.1) is 0 Å². The van der Waals surface area contributed by atoms with Crippen LogP contribution in [0.25, 0.3) is 0 Å². The minimum Gasteiger partial charge on any atom is -0.396 e. The van der Waals surface area contributed by atoms with Crippen molar-refractivity contribution in [3.05, 3.63) is 0 Å². The molecule has 0 aromatic rings. The van der Waals surface area contributed by atoms with Gasteiger partial charge in [0.2, 0.25) is 0 Å². The Labute approximate surface area is 114 Å². The van der Waals surface area contributed by atoms with Gasteiger partial charge in [0.1, 0.15) is 11.2 Å². The molecule has 2 aliphatic carbocycles. The molecule has 108 valence electrons. The summed E-state index contributed by atoms with van der Waals surface area (Å²) in [5, 5.41) is 20.0. The maximum atomic E-state index is 9.98. The van der Waals surface area contributed by atoms with E-state index in [0.717, 1.165) is 6.42 Å². The molecule has 0 amide bonds. The average Bonchev–Trinajstić information content (AvgIpc) is 3.20. The van der Waals surface area contributed by atoms with E-state index in [1.165, 1.54) is 0 Å². The van der Waals surface area contributed by atoms with E-state index in [1.54, 1.807) is 0 Å². The van der Waals surface area contributed by atoms with Crippen molar-refractivity contribution in [2.24, 2.45) is 22.7 Å². The van der Waals surface area contributed by atoms with Crippen LogP contribution in [0, 0.1) is 22.7 Å². The fourth-order valence-corrected chi connectivity index (χ4v) is 6.04. The number of aliphatic hydroxyl groups excluding tert-OH is 2. The van der Waals surface area contributed by atoms with E-state index < -0.39 is 11.2 Å². The Bertz CT molecular complexity index is 449. The monoisotopic (exact) mass is 268 g/mol. The van der Waals surface area contributed by atoms with Crippen molar-refractivity contribution < 1.29 is 19.7 Å². The molecule has 7 atom stereocenters. The van der Waals surface area contributed by atoms with E-state index >= 15 is 0 Å². The number of ether oxygens (including phenoxy) is 2. The maximum Gasteiger partial charge on any atom is 0.127 e. The van der Waals surface area contributed by atoms with E-state index in [4.69, 9.17) is 9.47 Å². The molecule has 1 spiro atoms. The molecule has 0 unspecified atom stereocenters. The third kappa shape index (κ3) is 1.03. The summed E-state index contributed by atoms with van der Waals surface area (Å²) in [7, 11) is 0. The van der Waals surface area contributed by atoms with Crippen LogP contribution in [0.2, 0.25) is 0 Å². The number of hydrogen-bond donors (Lipinski definition) is 2. The highest BCUT2D eigenvalue weighted by Gasteiger charge is 2.92. The molecule has 4 heteroatoms. The van der Waals surface area contributed by atoms with Crippen molar-refractivity contribution in [2.75, 3.05) is 13.2 Å². The first-order chi connectivity index (χ1) is 8.80. The molecule has 2 N–H and O–H groups in total. The van der Waals surface area contributed by atoms with Crippen molar-refractivity contribution in [3.8, 4) is 0 Å². The zero-order valence-corrected chi connectivity index (χ0v) is 12.1. The maximum absolute atomic E-state index is 9.98. The summed E-state index contributed by atoms with van der Waals surface area (Å²) in [4.78, 5) is 0. The van der Waals surface area contributed by atoms with Gasteiger partial charge in [-0.05, 0) is 11.8 Å². The first kappa shape index (κ1) is 12.6. The Kier molecular flexibility index (Phi) is 2.01. The molecule has 2 aliphatic heterocycles. The molecule has 4 nitrogen and oxygen atoms in total. The van der Waals surface area contributed by atoms with Crippen LogP contribution in [0.5, 0.6) is 0 Å². The Morgan fingerprint density at radius 2 is 1.79 bits per heavy atom. The summed E-state index contributed by atoms with van der Waals surface area (Å²) in [5.74, 6) is 0.490. The van der Waals surface area contributed by atoms with Crippen molar-refractivity contribution in [3.63, 3.8) is 0 Å².